The van der Waals surface area contributed by atoms with Crippen molar-refractivity contribution >= 4 is 33.2 Å². The Morgan fingerprint density at radius 3 is 3.00 bits per heavy atom. The Bertz CT molecular complexity index is 700. The van der Waals surface area contributed by atoms with Crippen LogP contribution in [0.5, 0.6) is 0 Å². The molecule has 0 spiro atoms. The third kappa shape index (κ3) is 2.73. The summed E-state index contributed by atoms with van der Waals surface area (Å²) in [5.41, 5.74) is 8.37. The summed E-state index contributed by atoms with van der Waals surface area (Å²) in [6.45, 7) is 4.08. The first-order valence-corrected chi connectivity index (χ1v) is 7.06. The SMILES string of the molecule is Cc1cc(C)c2c(N)c(C(=O)OCCCC#N)sc2n1. The van der Waals surface area contributed by atoms with E-state index in [-0.39, 0.29) is 6.61 Å². The molecule has 0 radical (unpaired) electrons. The van der Waals surface area contributed by atoms with Crippen molar-refractivity contribution in [2.45, 2.75) is 26.7 Å². The summed E-state index contributed by atoms with van der Waals surface area (Å²) < 4.78 is 5.12. The Morgan fingerprint density at radius 1 is 1.55 bits per heavy atom. The van der Waals surface area contributed by atoms with Crippen LogP contribution in [0.3, 0.4) is 0 Å². The fourth-order valence-electron chi connectivity index (χ4n) is 2.00. The molecule has 0 fully saturated rings. The van der Waals surface area contributed by atoms with Gasteiger partial charge in [0.15, 0.2) is 0 Å². The van der Waals surface area contributed by atoms with E-state index in [9.17, 15) is 4.79 Å². The second kappa shape index (κ2) is 5.88. The number of hydrogen-bond acceptors (Lipinski definition) is 6. The van der Waals surface area contributed by atoms with Crippen LogP contribution in [0.2, 0.25) is 0 Å². The average Bonchev–Trinajstić information content (AvgIpc) is 2.71. The number of anilines is 1. The number of nitrogen functional groups attached to an aromatic ring is 1. The van der Waals surface area contributed by atoms with Crippen molar-refractivity contribution in [2.24, 2.45) is 0 Å². The summed E-state index contributed by atoms with van der Waals surface area (Å²) in [6.07, 6.45) is 0.901. The van der Waals surface area contributed by atoms with Crippen LogP contribution in [0, 0.1) is 25.2 Å². The minimum absolute atomic E-state index is 0.228. The van der Waals surface area contributed by atoms with E-state index in [0.717, 1.165) is 21.5 Å². The van der Waals surface area contributed by atoms with Crippen LogP contribution in [-0.2, 0) is 4.74 Å². The van der Waals surface area contributed by atoms with Gasteiger partial charge in [-0.2, -0.15) is 5.26 Å². The molecule has 2 N–H and O–H groups in total. The Morgan fingerprint density at radius 2 is 2.30 bits per heavy atom. The largest absolute Gasteiger partial charge is 0.461 e. The molecule has 5 nitrogen and oxygen atoms in total. The van der Waals surface area contributed by atoms with Gasteiger partial charge in [0, 0.05) is 17.5 Å². The fourth-order valence-corrected chi connectivity index (χ4v) is 3.11. The van der Waals surface area contributed by atoms with Crippen molar-refractivity contribution in [3.8, 4) is 6.07 Å². The molecule has 0 saturated heterocycles. The van der Waals surface area contributed by atoms with Gasteiger partial charge in [0.1, 0.15) is 9.71 Å². The molecule has 0 aliphatic carbocycles. The summed E-state index contributed by atoms with van der Waals surface area (Å²) >= 11 is 1.25. The summed E-state index contributed by atoms with van der Waals surface area (Å²) in [4.78, 5) is 17.5. The zero-order chi connectivity index (χ0) is 14.7. The van der Waals surface area contributed by atoms with E-state index < -0.39 is 5.97 Å². The zero-order valence-corrected chi connectivity index (χ0v) is 12.2. The maximum atomic E-state index is 12.0. The molecule has 0 saturated carbocycles. The van der Waals surface area contributed by atoms with Gasteiger partial charge in [0.05, 0.1) is 18.4 Å². The summed E-state index contributed by atoms with van der Waals surface area (Å²) in [6, 6.07) is 3.94. The normalized spacial score (nSPS) is 10.4. The first-order valence-electron chi connectivity index (χ1n) is 6.25. The Labute approximate surface area is 121 Å². The third-order valence-electron chi connectivity index (χ3n) is 2.88. The molecule has 2 rings (SSSR count). The van der Waals surface area contributed by atoms with Crippen molar-refractivity contribution in [3.05, 3.63) is 22.2 Å². The maximum absolute atomic E-state index is 12.0. The van der Waals surface area contributed by atoms with Crippen molar-refractivity contribution in [1.29, 1.82) is 5.26 Å². The number of thiophene rings is 1. The molecule has 2 heterocycles. The number of nitriles is 1. The highest BCUT2D eigenvalue weighted by Crippen LogP contribution is 2.35. The number of aryl methyl sites for hydroxylation is 2. The molecule has 2 aromatic heterocycles. The standard InChI is InChI=1S/C14H15N3O2S/c1-8-7-9(2)17-13-10(8)11(16)12(20-13)14(18)19-6-4-3-5-15/h7H,3-4,6,16H2,1-2H3. The van der Waals surface area contributed by atoms with Crippen LogP contribution in [0.1, 0.15) is 33.8 Å². The lowest BCUT2D eigenvalue weighted by atomic mass is 10.1. The van der Waals surface area contributed by atoms with Crippen molar-refractivity contribution in [2.75, 3.05) is 12.3 Å². The van der Waals surface area contributed by atoms with Crippen LogP contribution in [0.15, 0.2) is 6.07 Å². The molecule has 0 aliphatic heterocycles. The van der Waals surface area contributed by atoms with E-state index >= 15 is 0 Å². The molecule has 6 heteroatoms. The van der Waals surface area contributed by atoms with Crippen molar-refractivity contribution in [1.82, 2.24) is 4.98 Å². The number of ether oxygens (including phenoxy) is 1. The van der Waals surface area contributed by atoms with Gasteiger partial charge in [-0.05, 0) is 31.9 Å². The van der Waals surface area contributed by atoms with E-state index in [1.807, 2.05) is 26.0 Å². The van der Waals surface area contributed by atoms with E-state index in [4.69, 9.17) is 15.7 Å². The Kier molecular flexibility index (Phi) is 4.20. The topological polar surface area (TPSA) is 89.0 Å². The van der Waals surface area contributed by atoms with Gasteiger partial charge in [-0.15, -0.1) is 11.3 Å². The van der Waals surface area contributed by atoms with Crippen LogP contribution < -0.4 is 5.73 Å². The lowest BCUT2D eigenvalue weighted by Gasteiger charge is -2.02. The number of hydrogen-bond donors (Lipinski definition) is 1. The third-order valence-corrected chi connectivity index (χ3v) is 3.96. The average molecular weight is 289 g/mol. The van der Waals surface area contributed by atoms with Gasteiger partial charge in [-0.3, -0.25) is 0 Å². The lowest BCUT2D eigenvalue weighted by molar-refractivity contribution is 0.0508. The van der Waals surface area contributed by atoms with E-state index in [1.54, 1.807) is 0 Å². The number of rotatable bonds is 4. The van der Waals surface area contributed by atoms with E-state index in [1.165, 1.54) is 11.3 Å². The van der Waals surface area contributed by atoms with Crippen LogP contribution in [-0.4, -0.2) is 17.6 Å². The molecule has 0 unspecified atom stereocenters. The van der Waals surface area contributed by atoms with Gasteiger partial charge in [0.25, 0.3) is 0 Å². The summed E-state index contributed by atoms with van der Waals surface area (Å²) in [7, 11) is 0. The highest BCUT2D eigenvalue weighted by Gasteiger charge is 2.19. The first-order chi connectivity index (χ1) is 9.54. The number of nitrogens with zero attached hydrogens (tertiary/aromatic N) is 2. The molecule has 104 valence electrons. The van der Waals surface area contributed by atoms with Gasteiger partial charge in [-0.1, -0.05) is 0 Å². The van der Waals surface area contributed by atoms with E-state index in [0.29, 0.717) is 23.4 Å². The van der Waals surface area contributed by atoms with Gasteiger partial charge < -0.3 is 10.5 Å². The summed E-state index contributed by atoms with van der Waals surface area (Å²) in [5.74, 6) is -0.444. The molecule has 0 aliphatic rings. The monoisotopic (exact) mass is 289 g/mol. The smallest absolute Gasteiger partial charge is 0.350 e. The zero-order valence-electron chi connectivity index (χ0n) is 11.4. The summed E-state index contributed by atoms with van der Waals surface area (Å²) in [5, 5.41) is 9.25. The number of nitrogens with two attached hydrogens (primary N) is 1. The molecule has 0 amide bonds. The lowest BCUT2D eigenvalue weighted by Crippen LogP contribution is -2.06. The number of fused-ring (bicyclic) bond motifs is 1. The predicted molar refractivity (Wildman–Crippen MR) is 78.6 cm³/mol. The molecule has 0 aromatic carbocycles. The van der Waals surface area contributed by atoms with Gasteiger partial charge in [0.2, 0.25) is 0 Å². The van der Waals surface area contributed by atoms with Crippen molar-refractivity contribution < 1.29 is 9.53 Å². The molecule has 2 aromatic rings. The number of pyridine rings is 1. The first kappa shape index (κ1) is 14.3. The number of esters is 1. The molecular weight excluding hydrogens is 274 g/mol. The van der Waals surface area contributed by atoms with Crippen LogP contribution >= 0.6 is 11.3 Å². The molecule has 20 heavy (non-hydrogen) atoms. The number of aromatic nitrogens is 1. The molecule has 0 atom stereocenters. The van der Waals surface area contributed by atoms with Gasteiger partial charge in [-0.25, -0.2) is 9.78 Å². The van der Waals surface area contributed by atoms with Crippen LogP contribution in [0.4, 0.5) is 5.69 Å². The Balaban J connectivity index is 2.27. The molecular formula is C14H15N3O2S. The van der Waals surface area contributed by atoms with E-state index in [2.05, 4.69) is 4.98 Å². The highest BCUT2D eigenvalue weighted by molar-refractivity contribution is 7.21. The fraction of sp³-hybridized carbons (Fsp3) is 0.357. The minimum atomic E-state index is -0.444. The Hall–Kier alpha value is -2.13. The number of carbonyl (C=O) groups excluding carboxylic acids is 1. The molecule has 0 bridgehead atoms. The number of unbranched alkanes of at least 4 members (excludes halogenated alkanes) is 1. The highest BCUT2D eigenvalue weighted by atomic mass is 32.1. The quantitative estimate of drug-likeness (QED) is 0.690. The number of carbonyl (C=O) groups is 1. The second-order valence-corrected chi connectivity index (χ2v) is 5.50. The predicted octanol–water partition coefficient (Wildman–Crippen LogP) is 2.96. The van der Waals surface area contributed by atoms with Crippen molar-refractivity contribution in [3.63, 3.8) is 0 Å². The minimum Gasteiger partial charge on any atom is -0.461 e. The second-order valence-electron chi connectivity index (χ2n) is 4.50. The maximum Gasteiger partial charge on any atom is 0.350 e. The van der Waals surface area contributed by atoms with Crippen LogP contribution in [0.25, 0.3) is 10.2 Å². The van der Waals surface area contributed by atoms with Gasteiger partial charge >= 0.3 is 5.97 Å².